The first-order chi connectivity index (χ1) is 16.8. The van der Waals surface area contributed by atoms with Crippen molar-refractivity contribution in [1.82, 2.24) is 5.32 Å². The molecule has 0 unspecified atom stereocenters. The zero-order chi connectivity index (χ0) is 24.7. The fraction of sp³-hybridized carbons (Fsp3) is 0.231. The van der Waals surface area contributed by atoms with Crippen LogP contribution in [0.25, 0.3) is 0 Å². The Labute approximate surface area is 213 Å². The molecule has 2 aliphatic rings. The predicted molar refractivity (Wildman–Crippen MR) is 138 cm³/mol. The molecule has 0 aliphatic carbocycles. The summed E-state index contributed by atoms with van der Waals surface area (Å²) in [5.41, 5.74) is 0.713. The first-order valence-electron chi connectivity index (χ1n) is 11.2. The summed E-state index contributed by atoms with van der Waals surface area (Å²) in [7, 11) is 0. The predicted octanol–water partition coefficient (Wildman–Crippen LogP) is 5.68. The highest BCUT2D eigenvalue weighted by molar-refractivity contribution is 7.80. The van der Waals surface area contributed by atoms with Gasteiger partial charge >= 0.3 is 0 Å². The number of halogens is 2. The summed E-state index contributed by atoms with van der Waals surface area (Å²) in [6.07, 6.45) is 0. The summed E-state index contributed by atoms with van der Waals surface area (Å²) in [5, 5.41) is 7.25. The average molecular weight is 512 g/mol. The van der Waals surface area contributed by atoms with E-state index >= 15 is 0 Å². The van der Waals surface area contributed by atoms with E-state index in [4.69, 9.17) is 33.3 Å². The van der Waals surface area contributed by atoms with Crippen molar-refractivity contribution in [3.63, 3.8) is 0 Å². The van der Waals surface area contributed by atoms with E-state index in [0.29, 0.717) is 39.6 Å². The number of amides is 1. The second-order valence-corrected chi connectivity index (χ2v) is 9.30. The van der Waals surface area contributed by atoms with Crippen molar-refractivity contribution < 1.29 is 18.7 Å². The number of carbonyl (C=O) groups is 1. The lowest BCUT2D eigenvalue weighted by Gasteiger charge is -2.56. The van der Waals surface area contributed by atoms with Crippen molar-refractivity contribution in [3.05, 3.63) is 83.1 Å². The van der Waals surface area contributed by atoms with E-state index in [2.05, 4.69) is 10.6 Å². The molecule has 0 radical (unpaired) electrons. The third-order valence-electron chi connectivity index (χ3n) is 6.27. The van der Waals surface area contributed by atoms with Crippen LogP contribution in [0.3, 0.4) is 0 Å². The second kappa shape index (κ2) is 9.02. The van der Waals surface area contributed by atoms with Crippen molar-refractivity contribution >= 4 is 46.2 Å². The number of hydrogen-bond donors (Lipinski definition) is 2. The Hall–Kier alpha value is -3.36. The number of thiocarbonyl (C=S) groups is 1. The molecule has 35 heavy (non-hydrogen) atoms. The minimum atomic E-state index is -1.25. The number of hydrogen-bond acceptors (Lipinski definition) is 4. The Morgan fingerprint density at radius 1 is 1.20 bits per heavy atom. The lowest BCUT2D eigenvalue weighted by atomic mass is 9.78. The van der Waals surface area contributed by atoms with Gasteiger partial charge in [0.15, 0.2) is 22.3 Å². The molecule has 5 rings (SSSR count). The van der Waals surface area contributed by atoms with Gasteiger partial charge in [0, 0.05) is 22.0 Å². The zero-order valence-electron chi connectivity index (χ0n) is 19.0. The molecule has 3 aromatic rings. The molecule has 1 amide bonds. The number of rotatable bonds is 5. The molecule has 0 aromatic heterocycles. The summed E-state index contributed by atoms with van der Waals surface area (Å²) in [6, 6.07) is 17.9. The van der Waals surface area contributed by atoms with Gasteiger partial charge in [-0.05, 0) is 80.7 Å². The summed E-state index contributed by atoms with van der Waals surface area (Å²) in [4.78, 5) is 15.5. The van der Waals surface area contributed by atoms with Gasteiger partial charge in [0.1, 0.15) is 11.7 Å². The average Bonchev–Trinajstić information content (AvgIpc) is 2.82. The van der Waals surface area contributed by atoms with Gasteiger partial charge in [-0.3, -0.25) is 9.69 Å². The van der Waals surface area contributed by atoms with Gasteiger partial charge in [-0.1, -0.05) is 23.7 Å². The number of ether oxygens (including phenoxy) is 2. The number of benzene rings is 3. The van der Waals surface area contributed by atoms with Crippen LogP contribution < -0.4 is 25.0 Å². The van der Waals surface area contributed by atoms with Crippen molar-refractivity contribution in [2.45, 2.75) is 25.6 Å². The van der Waals surface area contributed by atoms with Crippen molar-refractivity contribution in [2.24, 2.45) is 5.92 Å². The number of para-hydroxylation sites is 1. The molecule has 1 fully saturated rings. The van der Waals surface area contributed by atoms with Crippen molar-refractivity contribution in [1.29, 1.82) is 0 Å². The van der Waals surface area contributed by atoms with Gasteiger partial charge in [0.25, 0.3) is 0 Å². The summed E-state index contributed by atoms with van der Waals surface area (Å²) < 4.78 is 26.2. The van der Waals surface area contributed by atoms with Gasteiger partial charge in [-0.25, -0.2) is 4.39 Å². The normalized spacial score (nSPS) is 22.5. The smallest absolute Gasteiger partial charge is 0.236 e. The van der Waals surface area contributed by atoms with Crippen molar-refractivity contribution in [3.8, 4) is 11.5 Å². The zero-order valence-corrected chi connectivity index (χ0v) is 20.6. The molecule has 6 nitrogen and oxygen atoms in total. The van der Waals surface area contributed by atoms with Crippen LogP contribution in [0, 0.1) is 11.7 Å². The molecular formula is C26H23ClFN3O3S. The van der Waals surface area contributed by atoms with E-state index in [1.54, 1.807) is 41.3 Å². The van der Waals surface area contributed by atoms with Gasteiger partial charge in [-0.15, -0.1) is 0 Å². The maximum absolute atomic E-state index is 13.8. The maximum Gasteiger partial charge on any atom is 0.236 e. The lowest BCUT2D eigenvalue weighted by Crippen LogP contribution is -2.72. The number of nitrogens with one attached hydrogen (secondary N) is 2. The lowest BCUT2D eigenvalue weighted by molar-refractivity contribution is -0.130. The van der Waals surface area contributed by atoms with Crippen LogP contribution in [0.4, 0.5) is 15.8 Å². The van der Waals surface area contributed by atoms with Crippen molar-refractivity contribution in [2.75, 3.05) is 16.8 Å². The fourth-order valence-electron chi connectivity index (χ4n) is 4.77. The third-order valence-corrected chi connectivity index (χ3v) is 6.82. The standard InChI is InChI=1S/C26H23ClFN3O3S/c1-3-33-20-6-4-5-19-22-21(24(32)29-17-11-7-15(27)8-12-17)26(2,34-23(19)20)31(25(35)30-22)18-13-9-16(28)10-14-18/h4-14,21-22H,3H2,1-2H3,(H,29,32)(H,30,35)/t21-,22+,26-/m0/s1. The van der Waals surface area contributed by atoms with Gasteiger partial charge in [0.2, 0.25) is 5.91 Å². The van der Waals surface area contributed by atoms with Crippen LogP contribution >= 0.6 is 23.8 Å². The fourth-order valence-corrected chi connectivity index (χ4v) is 5.31. The molecular weight excluding hydrogens is 489 g/mol. The molecule has 0 saturated carbocycles. The van der Waals surface area contributed by atoms with E-state index in [0.717, 1.165) is 5.56 Å². The van der Waals surface area contributed by atoms with E-state index in [9.17, 15) is 9.18 Å². The highest BCUT2D eigenvalue weighted by atomic mass is 35.5. The minimum Gasteiger partial charge on any atom is -0.490 e. The number of anilines is 2. The Morgan fingerprint density at radius 2 is 1.91 bits per heavy atom. The van der Waals surface area contributed by atoms with Gasteiger partial charge in [0.05, 0.1) is 12.6 Å². The molecule has 180 valence electrons. The van der Waals surface area contributed by atoms with Crippen LogP contribution in [0.2, 0.25) is 5.02 Å². The van der Waals surface area contributed by atoms with Crippen LogP contribution in [0.1, 0.15) is 25.5 Å². The largest absolute Gasteiger partial charge is 0.490 e. The Morgan fingerprint density at radius 3 is 2.60 bits per heavy atom. The summed E-state index contributed by atoms with van der Waals surface area (Å²) in [5.74, 6) is -0.266. The minimum absolute atomic E-state index is 0.269. The molecule has 2 heterocycles. The Kier molecular flexibility index (Phi) is 6.02. The summed E-state index contributed by atoms with van der Waals surface area (Å²) >= 11 is 11.7. The molecule has 2 aliphatic heterocycles. The van der Waals surface area contributed by atoms with E-state index in [1.807, 2.05) is 32.0 Å². The number of fused-ring (bicyclic) bond motifs is 4. The van der Waals surface area contributed by atoms with Gasteiger partial charge < -0.3 is 20.1 Å². The van der Waals surface area contributed by atoms with E-state index in [1.165, 1.54) is 12.1 Å². The first-order valence-corrected chi connectivity index (χ1v) is 12.0. The highest BCUT2D eigenvalue weighted by Crippen LogP contribution is 2.52. The molecule has 2 bridgehead atoms. The monoisotopic (exact) mass is 511 g/mol. The highest BCUT2D eigenvalue weighted by Gasteiger charge is 2.59. The topological polar surface area (TPSA) is 62.8 Å². The molecule has 0 spiro atoms. The maximum atomic E-state index is 13.8. The Balaban J connectivity index is 1.63. The van der Waals surface area contributed by atoms with Crippen LogP contribution in [0.5, 0.6) is 11.5 Å². The molecule has 1 saturated heterocycles. The molecule has 3 aromatic carbocycles. The quantitative estimate of drug-likeness (QED) is 0.430. The first kappa shape index (κ1) is 23.4. The Bertz CT molecular complexity index is 1290. The van der Waals surface area contributed by atoms with E-state index in [-0.39, 0.29) is 11.7 Å². The van der Waals surface area contributed by atoms with E-state index < -0.39 is 17.7 Å². The number of nitrogens with zero attached hydrogens (tertiary/aromatic N) is 1. The molecule has 9 heteroatoms. The summed E-state index contributed by atoms with van der Waals surface area (Å²) in [6.45, 7) is 4.16. The molecule has 2 N–H and O–H groups in total. The van der Waals surface area contributed by atoms with Crippen LogP contribution in [-0.2, 0) is 4.79 Å². The van der Waals surface area contributed by atoms with Crippen LogP contribution in [0.15, 0.2) is 66.7 Å². The number of carbonyl (C=O) groups excluding carboxylic acids is 1. The SMILES string of the molecule is CCOc1cccc2c1O[C@@]1(C)[C@H](C(=O)Nc3ccc(Cl)cc3)[C@@H]2NC(=S)N1c1ccc(F)cc1. The molecule has 3 atom stereocenters. The third kappa shape index (κ3) is 4.06. The van der Waals surface area contributed by atoms with Crippen LogP contribution in [-0.4, -0.2) is 23.4 Å². The second-order valence-electron chi connectivity index (χ2n) is 8.48. The van der Waals surface area contributed by atoms with Gasteiger partial charge in [-0.2, -0.15) is 0 Å².